The van der Waals surface area contributed by atoms with E-state index >= 15 is 0 Å². The predicted molar refractivity (Wildman–Crippen MR) is 64.9 cm³/mol. The molecule has 1 aromatic carbocycles. The van der Waals surface area contributed by atoms with E-state index in [1.807, 2.05) is 0 Å². The van der Waals surface area contributed by atoms with Gasteiger partial charge in [0.1, 0.15) is 6.21 Å². The highest BCUT2D eigenvalue weighted by Gasteiger charge is 2.02. The van der Waals surface area contributed by atoms with Gasteiger partial charge in [-0.25, -0.2) is 4.79 Å². The summed E-state index contributed by atoms with van der Waals surface area (Å²) in [5, 5.41) is 4.23. The van der Waals surface area contributed by atoms with E-state index in [9.17, 15) is 4.79 Å². The molecule has 0 atom stereocenters. The van der Waals surface area contributed by atoms with E-state index in [-0.39, 0.29) is 0 Å². The van der Waals surface area contributed by atoms with Gasteiger partial charge in [-0.2, -0.15) is 9.63 Å². The largest absolute Gasteiger partial charge is 0.462 e. The molecule has 0 aliphatic heterocycles. The molecule has 0 unspecified atom stereocenters. The van der Waals surface area contributed by atoms with Crippen molar-refractivity contribution < 1.29 is 9.53 Å². The average Bonchev–Trinajstić information content (AvgIpc) is 2.26. The molecule has 0 N–H and O–H groups in total. The third-order valence-electron chi connectivity index (χ3n) is 1.57. The Morgan fingerprint density at radius 3 is 3.00 bits per heavy atom. The van der Waals surface area contributed by atoms with E-state index in [1.165, 1.54) is 0 Å². The number of ether oxygens (including phenoxy) is 1. The zero-order valence-electron chi connectivity index (χ0n) is 8.56. The van der Waals surface area contributed by atoms with Gasteiger partial charge in [-0.05, 0) is 25.1 Å². The number of rotatable bonds is 4. The topological polar surface area (TPSA) is 41.9 Å². The van der Waals surface area contributed by atoms with Crippen molar-refractivity contribution in [2.24, 2.45) is 5.10 Å². The lowest BCUT2D eigenvalue weighted by atomic mass is 10.3. The number of hydrogen-bond donors (Lipinski definition) is 0. The molecule has 86 valence electrons. The minimum Gasteiger partial charge on any atom is -0.462 e. The van der Waals surface area contributed by atoms with E-state index in [2.05, 4.69) is 9.84 Å². The highest BCUT2D eigenvalue weighted by molar-refractivity contribution is 6.32. The Morgan fingerprint density at radius 2 is 2.38 bits per heavy atom. The number of carbonyl (C=O) groups excluding carboxylic acids is 1. The maximum atomic E-state index is 11.0. The zero-order valence-corrected chi connectivity index (χ0v) is 10.1. The zero-order chi connectivity index (χ0) is 12.0. The molecule has 4 nitrogen and oxygen atoms in total. The fraction of sp³-hybridized carbons (Fsp3) is 0.200. The summed E-state index contributed by atoms with van der Waals surface area (Å²) in [6.07, 6.45) is 0.997. The number of benzene rings is 1. The Bertz CT molecular complexity index is 396. The molecule has 0 bridgehead atoms. The van der Waals surface area contributed by atoms with Gasteiger partial charge in [0, 0.05) is 16.8 Å². The molecule has 0 saturated heterocycles. The quantitative estimate of drug-likeness (QED) is 0.362. The normalized spacial score (nSPS) is 10.4. The van der Waals surface area contributed by atoms with Gasteiger partial charge in [-0.3, -0.25) is 0 Å². The molecule has 0 spiro atoms. The van der Waals surface area contributed by atoms with Crippen molar-refractivity contribution in [3.8, 4) is 0 Å². The van der Waals surface area contributed by atoms with Crippen LogP contribution in [0.1, 0.15) is 6.92 Å². The van der Waals surface area contributed by atoms with Crippen LogP contribution in [-0.4, -0.2) is 18.8 Å². The Hall–Kier alpha value is -1.26. The number of anilines is 1. The minimum absolute atomic E-state index is 0.296. The monoisotopic (exact) mass is 260 g/mol. The van der Waals surface area contributed by atoms with Gasteiger partial charge in [-0.1, -0.05) is 17.7 Å². The summed E-state index contributed by atoms with van der Waals surface area (Å²) in [4.78, 5) is 11.0. The van der Waals surface area contributed by atoms with E-state index < -0.39 is 5.97 Å². The van der Waals surface area contributed by atoms with Crippen LogP contribution in [0.5, 0.6) is 0 Å². The predicted octanol–water partition coefficient (Wildman–Crippen LogP) is 2.85. The lowest BCUT2D eigenvalue weighted by molar-refractivity contribution is -0.134. The SMILES string of the molecule is CCOC(=O)C=NN(Cl)c1cccc(Cl)c1. The maximum Gasteiger partial charge on any atom is 0.351 e. The Kier molecular flexibility index (Phi) is 5.08. The standard InChI is InChI=1S/C10H10Cl2N2O2/c1-2-16-10(15)7-13-14(12)9-5-3-4-8(11)6-9/h3-7H,2H2,1H3. The summed E-state index contributed by atoms with van der Waals surface area (Å²) in [6.45, 7) is 2.01. The van der Waals surface area contributed by atoms with E-state index in [4.69, 9.17) is 23.4 Å². The second-order valence-corrected chi connectivity index (χ2v) is 3.49. The first-order valence-corrected chi connectivity index (χ1v) is 5.27. The van der Waals surface area contributed by atoms with Gasteiger partial charge in [0.15, 0.2) is 0 Å². The van der Waals surface area contributed by atoms with E-state index in [1.54, 1.807) is 31.2 Å². The molecule has 1 aromatic rings. The molecule has 0 amide bonds. The Morgan fingerprint density at radius 1 is 1.62 bits per heavy atom. The molecule has 16 heavy (non-hydrogen) atoms. The summed E-state index contributed by atoms with van der Waals surface area (Å²) >= 11 is 11.6. The molecule has 0 radical (unpaired) electrons. The van der Waals surface area contributed by atoms with Crippen LogP contribution in [0.4, 0.5) is 5.69 Å². The molecule has 0 aliphatic rings. The van der Waals surface area contributed by atoms with Crippen molar-refractivity contribution in [3.05, 3.63) is 29.3 Å². The van der Waals surface area contributed by atoms with Gasteiger partial charge in [0.05, 0.1) is 12.3 Å². The van der Waals surface area contributed by atoms with Gasteiger partial charge < -0.3 is 4.74 Å². The first kappa shape index (κ1) is 12.8. The van der Waals surface area contributed by atoms with Crippen molar-refractivity contribution in [2.75, 3.05) is 11.1 Å². The number of esters is 1. The number of hydrogen-bond acceptors (Lipinski definition) is 4. The minimum atomic E-state index is -0.546. The van der Waals surface area contributed by atoms with E-state index in [0.717, 1.165) is 10.7 Å². The molecule has 0 aliphatic carbocycles. The van der Waals surface area contributed by atoms with Crippen molar-refractivity contribution in [1.82, 2.24) is 0 Å². The molecule has 0 heterocycles. The van der Waals surface area contributed by atoms with Gasteiger partial charge in [-0.15, -0.1) is 0 Å². The third kappa shape index (κ3) is 4.08. The van der Waals surface area contributed by atoms with Gasteiger partial charge in [0.2, 0.25) is 0 Å². The van der Waals surface area contributed by atoms with Crippen molar-refractivity contribution in [1.29, 1.82) is 0 Å². The second-order valence-electron chi connectivity index (χ2n) is 2.74. The molecule has 0 fully saturated rings. The lowest BCUT2D eigenvalue weighted by Gasteiger charge is -2.08. The summed E-state index contributed by atoms with van der Waals surface area (Å²) < 4.78 is 5.67. The second kappa shape index (κ2) is 6.35. The van der Waals surface area contributed by atoms with Crippen LogP contribution in [0.2, 0.25) is 5.02 Å². The summed E-state index contributed by atoms with van der Waals surface area (Å²) in [5.41, 5.74) is 0.565. The van der Waals surface area contributed by atoms with Crippen LogP contribution in [0.3, 0.4) is 0 Å². The molecular weight excluding hydrogens is 251 g/mol. The number of hydrazone groups is 1. The molecule has 1 rings (SSSR count). The average molecular weight is 261 g/mol. The molecule has 6 heteroatoms. The fourth-order valence-corrected chi connectivity index (χ4v) is 1.27. The van der Waals surface area contributed by atoms with Crippen molar-refractivity contribution >= 4 is 41.2 Å². The molecule has 0 aromatic heterocycles. The summed E-state index contributed by atoms with van der Waals surface area (Å²) in [5.74, 6) is -0.546. The molecule has 0 saturated carbocycles. The first-order chi connectivity index (χ1) is 7.63. The van der Waals surface area contributed by atoms with Crippen LogP contribution >= 0.6 is 23.4 Å². The van der Waals surface area contributed by atoms with Crippen LogP contribution < -0.4 is 4.53 Å². The third-order valence-corrected chi connectivity index (χ3v) is 2.09. The summed E-state index contributed by atoms with van der Waals surface area (Å²) in [6, 6.07) is 6.77. The van der Waals surface area contributed by atoms with Crippen LogP contribution in [0.15, 0.2) is 29.4 Å². The van der Waals surface area contributed by atoms with Crippen molar-refractivity contribution in [3.63, 3.8) is 0 Å². The summed E-state index contributed by atoms with van der Waals surface area (Å²) in [7, 11) is 0. The van der Waals surface area contributed by atoms with E-state index in [0.29, 0.717) is 17.3 Å². The number of carbonyl (C=O) groups is 1. The fourth-order valence-electron chi connectivity index (χ4n) is 0.935. The number of halogens is 2. The highest BCUT2D eigenvalue weighted by Crippen LogP contribution is 2.20. The van der Waals surface area contributed by atoms with Crippen molar-refractivity contribution in [2.45, 2.75) is 6.92 Å². The highest BCUT2D eigenvalue weighted by atomic mass is 35.5. The first-order valence-electron chi connectivity index (χ1n) is 4.55. The van der Waals surface area contributed by atoms with Gasteiger partial charge in [0.25, 0.3) is 0 Å². The molecular formula is C10H10Cl2N2O2. The Balaban J connectivity index is 2.65. The van der Waals surface area contributed by atoms with Crippen LogP contribution in [0, 0.1) is 0 Å². The maximum absolute atomic E-state index is 11.0. The lowest BCUT2D eigenvalue weighted by Crippen LogP contribution is -2.09. The van der Waals surface area contributed by atoms with Crippen LogP contribution in [0.25, 0.3) is 0 Å². The smallest absolute Gasteiger partial charge is 0.351 e. The van der Waals surface area contributed by atoms with Gasteiger partial charge >= 0.3 is 5.97 Å². The number of nitrogens with zero attached hydrogens (tertiary/aromatic N) is 2. The van der Waals surface area contributed by atoms with Crippen LogP contribution in [-0.2, 0) is 9.53 Å². The Labute approximate surface area is 104 Å².